The summed E-state index contributed by atoms with van der Waals surface area (Å²) in [5, 5.41) is 0. The second-order valence-corrected chi connectivity index (χ2v) is 6.70. The third kappa shape index (κ3) is 2.45. The second-order valence-electron chi connectivity index (χ2n) is 6.70. The van der Waals surface area contributed by atoms with Gasteiger partial charge in [0.25, 0.3) is 0 Å². The molecule has 3 rings (SSSR count). The van der Waals surface area contributed by atoms with E-state index in [4.69, 9.17) is 5.73 Å². The van der Waals surface area contributed by atoms with Crippen molar-refractivity contribution in [2.75, 3.05) is 0 Å². The fourth-order valence-corrected chi connectivity index (χ4v) is 3.09. The van der Waals surface area contributed by atoms with E-state index < -0.39 is 0 Å². The molecule has 0 saturated heterocycles. The van der Waals surface area contributed by atoms with Crippen LogP contribution in [0.25, 0.3) is 5.57 Å². The van der Waals surface area contributed by atoms with Crippen molar-refractivity contribution in [3.05, 3.63) is 76.4 Å². The fraction of sp³-hybridized carbons (Fsp3) is 0.250. The van der Waals surface area contributed by atoms with Gasteiger partial charge in [0, 0.05) is 5.56 Å². The molecule has 2 heteroatoms. The molecule has 0 saturated carbocycles. The standard InChI is InChI=1S/C20H21NO/c1-13-4-6-14(7-5-13)16-10-11-20(2,3)18-9-8-15(19(21)22)12-17(16)18/h4-10,12H,11H2,1-3H3,(H2,21,22). The molecule has 112 valence electrons. The molecule has 0 fully saturated rings. The SMILES string of the molecule is Cc1ccc(C2=CCC(C)(C)c3ccc(C(N)=O)cc32)cc1. The maximum Gasteiger partial charge on any atom is 0.248 e. The summed E-state index contributed by atoms with van der Waals surface area (Å²) in [6.07, 6.45) is 3.26. The molecule has 0 spiro atoms. The smallest absolute Gasteiger partial charge is 0.248 e. The van der Waals surface area contributed by atoms with Crippen molar-refractivity contribution in [2.45, 2.75) is 32.6 Å². The van der Waals surface area contributed by atoms with Crippen LogP contribution in [0.5, 0.6) is 0 Å². The van der Waals surface area contributed by atoms with Crippen LogP contribution in [-0.2, 0) is 5.41 Å². The maximum atomic E-state index is 11.5. The van der Waals surface area contributed by atoms with E-state index in [-0.39, 0.29) is 11.3 Å². The average Bonchev–Trinajstić information content (AvgIpc) is 2.48. The van der Waals surface area contributed by atoms with Gasteiger partial charge in [0.1, 0.15) is 0 Å². The zero-order valence-corrected chi connectivity index (χ0v) is 13.3. The van der Waals surface area contributed by atoms with E-state index in [0.29, 0.717) is 5.56 Å². The van der Waals surface area contributed by atoms with Crippen LogP contribution in [0, 0.1) is 6.92 Å². The van der Waals surface area contributed by atoms with Crippen molar-refractivity contribution in [3.63, 3.8) is 0 Å². The number of hydrogen-bond acceptors (Lipinski definition) is 1. The van der Waals surface area contributed by atoms with Crippen LogP contribution in [0.15, 0.2) is 48.5 Å². The number of rotatable bonds is 2. The van der Waals surface area contributed by atoms with Gasteiger partial charge in [-0.1, -0.05) is 55.8 Å². The lowest BCUT2D eigenvalue weighted by atomic mass is 9.72. The van der Waals surface area contributed by atoms with E-state index in [1.165, 1.54) is 22.3 Å². The first-order valence-corrected chi connectivity index (χ1v) is 7.60. The predicted octanol–water partition coefficient (Wildman–Crippen LogP) is 4.21. The molecule has 22 heavy (non-hydrogen) atoms. The Morgan fingerprint density at radius 3 is 2.41 bits per heavy atom. The van der Waals surface area contributed by atoms with Gasteiger partial charge in [0.2, 0.25) is 5.91 Å². The molecule has 0 atom stereocenters. The minimum absolute atomic E-state index is 0.0692. The molecule has 1 amide bonds. The fourth-order valence-electron chi connectivity index (χ4n) is 3.09. The van der Waals surface area contributed by atoms with Crippen LogP contribution in [0.3, 0.4) is 0 Å². The van der Waals surface area contributed by atoms with Gasteiger partial charge < -0.3 is 5.73 Å². The largest absolute Gasteiger partial charge is 0.366 e. The number of carbonyl (C=O) groups excluding carboxylic acids is 1. The molecule has 2 N–H and O–H groups in total. The highest BCUT2D eigenvalue weighted by molar-refractivity contribution is 5.95. The first-order chi connectivity index (χ1) is 10.4. The van der Waals surface area contributed by atoms with Gasteiger partial charge in [-0.3, -0.25) is 4.79 Å². The summed E-state index contributed by atoms with van der Waals surface area (Å²) in [5.74, 6) is -0.380. The van der Waals surface area contributed by atoms with Crippen molar-refractivity contribution in [3.8, 4) is 0 Å². The van der Waals surface area contributed by atoms with Crippen molar-refractivity contribution in [1.82, 2.24) is 0 Å². The Morgan fingerprint density at radius 2 is 1.77 bits per heavy atom. The third-order valence-electron chi connectivity index (χ3n) is 4.50. The molecular formula is C20H21NO. The Bertz CT molecular complexity index is 767. The van der Waals surface area contributed by atoms with Crippen molar-refractivity contribution >= 4 is 11.5 Å². The molecule has 2 aromatic rings. The van der Waals surface area contributed by atoms with Gasteiger partial charge in [-0.15, -0.1) is 0 Å². The number of nitrogens with two attached hydrogens (primary N) is 1. The summed E-state index contributed by atoms with van der Waals surface area (Å²) in [6.45, 7) is 6.55. The van der Waals surface area contributed by atoms with Crippen molar-refractivity contribution in [2.24, 2.45) is 5.73 Å². The Kier molecular flexibility index (Phi) is 3.40. The minimum atomic E-state index is -0.380. The van der Waals surface area contributed by atoms with E-state index in [1.54, 1.807) is 0 Å². The molecule has 0 radical (unpaired) electrons. The van der Waals surface area contributed by atoms with Crippen LogP contribution in [0.1, 0.15) is 52.9 Å². The number of carbonyl (C=O) groups is 1. The highest BCUT2D eigenvalue weighted by Crippen LogP contribution is 2.41. The molecule has 0 heterocycles. The third-order valence-corrected chi connectivity index (χ3v) is 4.50. The summed E-state index contributed by atoms with van der Waals surface area (Å²) in [5.41, 5.74) is 12.1. The number of hydrogen-bond donors (Lipinski definition) is 1. The maximum absolute atomic E-state index is 11.5. The van der Waals surface area contributed by atoms with Gasteiger partial charge in [-0.25, -0.2) is 0 Å². The summed E-state index contributed by atoms with van der Waals surface area (Å²) in [4.78, 5) is 11.5. The molecule has 1 aliphatic carbocycles. The van der Waals surface area contributed by atoms with Crippen molar-refractivity contribution in [1.29, 1.82) is 0 Å². The lowest BCUT2D eigenvalue weighted by Crippen LogP contribution is -2.23. The molecule has 2 nitrogen and oxygen atoms in total. The number of primary amides is 1. The summed E-state index contributed by atoms with van der Waals surface area (Å²) < 4.78 is 0. The van der Waals surface area contributed by atoms with Crippen LogP contribution in [0.2, 0.25) is 0 Å². The molecule has 0 unspecified atom stereocenters. The number of benzene rings is 2. The Morgan fingerprint density at radius 1 is 1.09 bits per heavy atom. The normalized spacial score (nSPS) is 15.9. The van der Waals surface area contributed by atoms with E-state index in [9.17, 15) is 4.79 Å². The molecule has 2 aromatic carbocycles. The van der Waals surface area contributed by atoms with Gasteiger partial charge in [0.05, 0.1) is 0 Å². The monoisotopic (exact) mass is 291 g/mol. The highest BCUT2D eigenvalue weighted by atomic mass is 16.1. The molecule has 1 aliphatic rings. The van der Waals surface area contributed by atoms with E-state index in [2.05, 4.69) is 57.2 Å². The van der Waals surface area contributed by atoms with Gasteiger partial charge in [-0.05, 0) is 53.2 Å². The van der Waals surface area contributed by atoms with Crippen LogP contribution in [0.4, 0.5) is 0 Å². The second kappa shape index (κ2) is 5.13. The Labute approximate surface area is 131 Å². The number of allylic oxidation sites excluding steroid dienone is 1. The van der Waals surface area contributed by atoms with Gasteiger partial charge in [-0.2, -0.15) is 0 Å². The van der Waals surface area contributed by atoms with Crippen LogP contribution >= 0.6 is 0 Å². The molecule has 0 aromatic heterocycles. The lowest BCUT2D eigenvalue weighted by Gasteiger charge is -2.32. The number of amides is 1. The molecule has 0 bridgehead atoms. The first-order valence-electron chi connectivity index (χ1n) is 7.60. The van der Waals surface area contributed by atoms with Crippen LogP contribution in [-0.4, -0.2) is 5.91 Å². The molecule has 0 aliphatic heterocycles. The quantitative estimate of drug-likeness (QED) is 0.885. The average molecular weight is 291 g/mol. The Balaban J connectivity index is 2.19. The zero-order chi connectivity index (χ0) is 15.9. The van der Waals surface area contributed by atoms with Crippen LogP contribution < -0.4 is 5.73 Å². The number of fused-ring (bicyclic) bond motifs is 1. The Hall–Kier alpha value is -2.35. The summed E-state index contributed by atoms with van der Waals surface area (Å²) in [6, 6.07) is 14.3. The van der Waals surface area contributed by atoms with Gasteiger partial charge >= 0.3 is 0 Å². The zero-order valence-electron chi connectivity index (χ0n) is 13.3. The minimum Gasteiger partial charge on any atom is -0.366 e. The lowest BCUT2D eigenvalue weighted by molar-refractivity contribution is 0.1000. The topological polar surface area (TPSA) is 43.1 Å². The number of aryl methyl sites for hydroxylation is 1. The highest BCUT2D eigenvalue weighted by Gasteiger charge is 2.28. The van der Waals surface area contributed by atoms with E-state index in [1.807, 2.05) is 12.1 Å². The summed E-state index contributed by atoms with van der Waals surface area (Å²) in [7, 11) is 0. The predicted molar refractivity (Wildman–Crippen MR) is 90.9 cm³/mol. The summed E-state index contributed by atoms with van der Waals surface area (Å²) >= 11 is 0. The van der Waals surface area contributed by atoms with Gasteiger partial charge in [0.15, 0.2) is 0 Å². The van der Waals surface area contributed by atoms with E-state index >= 15 is 0 Å². The van der Waals surface area contributed by atoms with Crippen molar-refractivity contribution < 1.29 is 4.79 Å². The first kappa shape index (κ1) is 14.6. The van der Waals surface area contributed by atoms with E-state index in [0.717, 1.165) is 12.0 Å². The molecular weight excluding hydrogens is 270 g/mol.